The molecule has 84 valence electrons. The molecule has 0 heteroatoms. The van der Waals surface area contributed by atoms with Gasteiger partial charge in [-0.15, -0.1) is 0 Å². The van der Waals surface area contributed by atoms with Crippen LogP contribution in [0.4, 0.5) is 0 Å². The quantitative estimate of drug-likeness (QED) is 0.535. The summed E-state index contributed by atoms with van der Waals surface area (Å²) in [7, 11) is 0. The van der Waals surface area contributed by atoms with E-state index in [0.717, 1.165) is 11.8 Å². The van der Waals surface area contributed by atoms with Crippen molar-refractivity contribution in [1.29, 1.82) is 0 Å². The van der Waals surface area contributed by atoms with Gasteiger partial charge in [-0.05, 0) is 37.0 Å². The van der Waals surface area contributed by atoms with Gasteiger partial charge >= 0.3 is 0 Å². The summed E-state index contributed by atoms with van der Waals surface area (Å²) in [6.07, 6.45) is 10.4. The molecule has 0 heterocycles. The zero-order valence-corrected chi connectivity index (χ0v) is 10.6. The molecule has 2 atom stereocenters. The van der Waals surface area contributed by atoms with Crippen molar-refractivity contribution in [1.82, 2.24) is 0 Å². The van der Waals surface area contributed by atoms with Crippen LogP contribution in [0.5, 0.6) is 0 Å². The standard InChI is InChI=1S/C15H24/c1-11-7-8-13-12(2)6-5-9-15(3,4)14(13)10-11/h7,10,12-13H,5-6,8-9H2,1-4H3/t12-,13-/m0/s1. The lowest BCUT2D eigenvalue weighted by molar-refractivity contribution is 0.350. The number of hydrogen-bond acceptors (Lipinski definition) is 0. The predicted molar refractivity (Wildman–Crippen MR) is 66.7 cm³/mol. The van der Waals surface area contributed by atoms with E-state index in [9.17, 15) is 0 Å². The third-order valence-corrected chi connectivity index (χ3v) is 4.41. The Kier molecular flexibility index (Phi) is 2.79. The fourth-order valence-corrected chi connectivity index (χ4v) is 3.30. The van der Waals surface area contributed by atoms with Crippen molar-refractivity contribution in [3.05, 3.63) is 23.3 Å². The van der Waals surface area contributed by atoms with E-state index >= 15 is 0 Å². The third kappa shape index (κ3) is 2.04. The molecule has 0 radical (unpaired) electrons. The van der Waals surface area contributed by atoms with E-state index in [1.165, 1.54) is 31.3 Å². The Labute approximate surface area is 94.5 Å². The van der Waals surface area contributed by atoms with Gasteiger partial charge in [0, 0.05) is 0 Å². The van der Waals surface area contributed by atoms with Crippen LogP contribution in [0.25, 0.3) is 0 Å². The van der Waals surface area contributed by atoms with Crippen LogP contribution < -0.4 is 0 Å². The smallest absolute Gasteiger partial charge is 0.0134 e. The van der Waals surface area contributed by atoms with E-state index in [2.05, 4.69) is 39.8 Å². The average Bonchev–Trinajstić information content (AvgIpc) is 2.26. The lowest BCUT2D eigenvalue weighted by Gasteiger charge is -2.35. The Balaban J connectivity index is 2.37. The van der Waals surface area contributed by atoms with E-state index < -0.39 is 0 Å². The van der Waals surface area contributed by atoms with Crippen molar-refractivity contribution >= 4 is 0 Å². The van der Waals surface area contributed by atoms with Crippen LogP contribution in [-0.2, 0) is 0 Å². The molecule has 2 aliphatic rings. The summed E-state index contributed by atoms with van der Waals surface area (Å²) in [5, 5.41) is 0. The van der Waals surface area contributed by atoms with Crippen LogP contribution in [-0.4, -0.2) is 0 Å². The lowest BCUT2D eigenvalue weighted by Crippen LogP contribution is -2.23. The van der Waals surface area contributed by atoms with Crippen molar-refractivity contribution in [2.75, 3.05) is 0 Å². The molecule has 15 heavy (non-hydrogen) atoms. The molecule has 0 bridgehead atoms. The summed E-state index contributed by atoms with van der Waals surface area (Å²) in [6, 6.07) is 0. The molecule has 2 aliphatic carbocycles. The average molecular weight is 204 g/mol. The molecule has 0 amide bonds. The molecule has 0 nitrogen and oxygen atoms in total. The molecular formula is C15H24. The minimum Gasteiger partial charge on any atom is -0.0810 e. The molecule has 0 saturated heterocycles. The van der Waals surface area contributed by atoms with Crippen molar-refractivity contribution in [3.8, 4) is 0 Å². The predicted octanol–water partition coefficient (Wildman–Crippen LogP) is 4.73. The normalized spacial score (nSPS) is 34.9. The number of rotatable bonds is 0. The van der Waals surface area contributed by atoms with Crippen molar-refractivity contribution in [3.63, 3.8) is 0 Å². The number of hydrogen-bond donors (Lipinski definition) is 0. The van der Waals surface area contributed by atoms with Gasteiger partial charge in [-0.25, -0.2) is 0 Å². The maximum Gasteiger partial charge on any atom is -0.0134 e. The third-order valence-electron chi connectivity index (χ3n) is 4.41. The fourth-order valence-electron chi connectivity index (χ4n) is 3.30. The van der Waals surface area contributed by atoms with Gasteiger partial charge in [0.25, 0.3) is 0 Å². The molecular weight excluding hydrogens is 180 g/mol. The number of fused-ring (bicyclic) bond motifs is 1. The van der Waals surface area contributed by atoms with Crippen LogP contribution in [0.1, 0.15) is 53.4 Å². The van der Waals surface area contributed by atoms with E-state index in [-0.39, 0.29) is 0 Å². The molecule has 0 N–H and O–H groups in total. The van der Waals surface area contributed by atoms with Gasteiger partial charge in [-0.3, -0.25) is 0 Å². The van der Waals surface area contributed by atoms with Gasteiger partial charge in [-0.1, -0.05) is 56.9 Å². The van der Waals surface area contributed by atoms with Crippen LogP contribution >= 0.6 is 0 Å². The maximum absolute atomic E-state index is 2.47. The maximum atomic E-state index is 2.47. The summed E-state index contributed by atoms with van der Waals surface area (Å²) in [4.78, 5) is 0. The molecule has 0 spiro atoms. The first kappa shape index (κ1) is 11.0. The topological polar surface area (TPSA) is 0 Å². The molecule has 1 saturated carbocycles. The molecule has 0 aromatic rings. The summed E-state index contributed by atoms with van der Waals surface area (Å²) >= 11 is 0. The first-order valence-corrected chi connectivity index (χ1v) is 6.39. The van der Waals surface area contributed by atoms with Crippen LogP contribution in [0.3, 0.4) is 0 Å². The molecule has 0 aromatic carbocycles. The summed E-state index contributed by atoms with van der Waals surface area (Å²) in [6.45, 7) is 9.55. The Morgan fingerprint density at radius 1 is 1.33 bits per heavy atom. The monoisotopic (exact) mass is 204 g/mol. The van der Waals surface area contributed by atoms with Crippen LogP contribution in [0.2, 0.25) is 0 Å². The van der Waals surface area contributed by atoms with Gasteiger partial charge in [0.05, 0.1) is 0 Å². The minimum absolute atomic E-state index is 0.435. The van der Waals surface area contributed by atoms with E-state index in [1.54, 1.807) is 5.57 Å². The Morgan fingerprint density at radius 3 is 2.80 bits per heavy atom. The Morgan fingerprint density at radius 2 is 2.07 bits per heavy atom. The van der Waals surface area contributed by atoms with E-state index in [1.807, 2.05) is 0 Å². The first-order valence-electron chi connectivity index (χ1n) is 6.39. The van der Waals surface area contributed by atoms with Gasteiger partial charge < -0.3 is 0 Å². The Bertz CT molecular complexity index is 304. The zero-order valence-electron chi connectivity index (χ0n) is 10.6. The second-order valence-electron chi connectivity index (χ2n) is 6.14. The number of allylic oxidation sites excluding steroid dienone is 4. The highest BCUT2D eigenvalue weighted by molar-refractivity contribution is 5.32. The van der Waals surface area contributed by atoms with Crippen molar-refractivity contribution < 1.29 is 0 Å². The van der Waals surface area contributed by atoms with Crippen molar-refractivity contribution in [2.24, 2.45) is 17.3 Å². The molecule has 0 aliphatic heterocycles. The van der Waals surface area contributed by atoms with Gasteiger partial charge in [0.1, 0.15) is 0 Å². The van der Waals surface area contributed by atoms with Crippen LogP contribution in [0.15, 0.2) is 23.3 Å². The lowest BCUT2D eigenvalue weighted by atomic mass is 9.70. The van der Waals surface area contributed by atoms with Crippen molar-refractivity contribution in [2.45, 2.75) is 53.4 Å². The highest BCUT2D eigenvalue weighted by Gasteiger charge is 2.35. The van der Waals surface area contributed by atoms with Gasteiger partial charge in [0.2, 0.25) is 0 Å². The molecule has 1 fully saturated rings. The summed E-state index contributed by atoms with van der Waals surface area (Å²) < 4.78 is 0. The first-order chi connectivity index (χ1) is 7.00. The van der Waals surface area contributed by atoms with E-state index in [4.69, 9.17) is 0 Å². The minimum atomic E-state index is 0.435. The van der Waals surface area contributed by atoms with Gasteiger partial charge in [0.15, 0.2) is 0 Å². The van der Waals surface area contributed by atoms with Crippen LogP contribution in [0, 0.1) is 17.3 Å². The second-order valence-corrected chi connectivity index (χ2v) is 6.14. The zero-order chi connectivity index (χ0) is 11.1. The Hall–Kier alpha value is -0.520. The molecule has 2 rings (SSSR count). The largest absolute Gasteiger partial charge is 0.0810 e. The molecule has 0 unspecified atom stereocenters. The molecule has 0 aromatic heterocycles. The summed E-state index contributed by atoms with van der Waals surface area (Å²) in [5.74, 6) is 1.70. The SMILES string of the molecule is CC1=CC[C@@H]2C(=C1)C(C)(C)CCC[C@@H]2C. The second kappa shape index (κ2) is 3.81. The highest BCUT2D eigenvalue weighted by atomic mass is 14.4. The van der Waals surface area contributed by atoms with Gasteiger partial charge in [-0.2, -0.15) is 0 Å². The highest BCUT2D eigenvalue weighted by Crippen LogP contribution is 2.47. The summed E-state index contributed by atoms with van der Waals surface area (Å²) in [5.41, 5.74) is 3.64. The van der Waals surface area contributed by atoms with E-state index in [0.29, 0.717) is 5.41 Å². The fraction of sp³-hybridized carbons (Fsp3) is 0.733.